The van der Waals surface area contributed by atoms with Gasteiger partial charge in [0.2, 0.25) is 21.9 Å². The van der Waals surface area contributed by atoms with Gasteiger partial charge in [-0.15, -0.1) is 0 Å². The normalized spacial score (nSPS) is 17.0. The van der Waals surface area contributed by atoms with E-state index in [2.05, 4.69) is 14.7 Å². The summed E-state index contributed by atoms with van der Waals surface area (Å²) < 4.78 is 58.8. The van der Waals surface area contributed by atoms with E-state index in [9.17, 15) is 22.0 Å². The van der Waals surface area contributed by atoms with Gasteiger partial charge in [-0.2, -0.15) is 4.98 Å². The Balaban J connectivity index is 2.08. The summed E-state index contributed by atoms with van der Waals surface area (Å²) >= 11 is 0. The fraction of sp³-hybridized carbons (Fsp3) is 0.316. The maximum atomic E-state index is 14.1. The number of benzene rings is 1. The molecule has 0 aliphatic carbocycles. The number of likely N-dealkylation sites (N-methyl/N-ethyl adjacent to an activating group) is 1. The number of nitrogens with one attached hydrogen (secondary N) is 1. The lowest BCUT2D eigenvalue weighted by Crippen LogP contribution is -2.31. The number of halogens is 2. The Hall–Kier alpha value is -3.08. The number of carbonyl (C=O) groups excluding carboxylic acids is 1. The first-order valence-electron chi connectivity index (χ1n) is 9.02. The molecule has 1 aromatic heterocycles. The smallest absolute Gasteiger partial charge is 0.239 e. The number of carbonyl (C=O) groups is 1. The summed E-state index contributed by atoms with van der Waals surface area (Å²) in [4.78, 5) is 22.3. The molecular formula is C19H20F2N4O4S. The molecular weight excluding hydrogens is 418 g/mol. The van der Waals surface area contributed by atoms with Gasteiger partial charge in [-0.25, -0.2) is 22.2 Å². The van der Waals surface area contributed by atoms with Crippen molar-refractivity contribution < 1.29 is 26.7 Å². The van der Waals surface area contributed by atoms with E-state index in [1.165, 1.54) is 13.1 Å². The Morgan fingerprint density at radius 2 is 2.07 bits per heavy atom. The summed E-state index contributed by atoms with van der Waals surface area (Å²) in [5.41, 5.74) is 1.08. The number of aromatic nitrogens is 2. The van der Waals surface area contributed by atoms with Crippen molar-refractivity contribution in [3.8, 4) is 11.6 Å². The lowest BCUT2D eigenvalue weighted by atomic mass is 9.95. The summed E-state index contributed by atoms with van der Waals surface area (Å²) in [7, 11) is -2.00. The van der Waals surface area contributed by atoms with E-state index >= 15 is 0 Å². The van der Waals surface area contributed by atoms with Crippen molar-refractivity contribution >= 4 is 21.8 Å². The molecule has 2 heterocycles. The van der Waals surface area contributed by atoms with Gasteiger partial charge in [0, 0.05) is 25.7 Å². The van der Waals surface area contributed by atoms with E-state index in [1.54, 1.807) is 18.1 Å². The number of nitrogens with zero attached hydrogens (tertiary/aromatic N) is 3. The number of sulfonamides is 1. The second kappa shape index (κ2) is 8.34. The summed E-state index contributed by atoms with van der Waals surface area (Å²) in [5, 5.41) is 0. The van der Waals surface area contributed by atoms with E-state index in [-0.39, 0.29) is 41.1 Å². The van der Waals surface area contributed by atoms with Crippen LogP contribution in [0.1, 0.15) is 31.9 Å². The maximum absolute atomic E-state index is 14.1. The third-order valence-electron chi connectivity index (χ3n) is 4.39. The molecule has 2 aromatic rings. The van der Waals surface area contributed by atoms with Crippen molar-refractivity contribution in [3.05, 3.63) is 53.4 Å². The summed E-state index contributed by atoms with van der Waals surface area (Å²) in [6.45, 7) is 3.25. The minimum atomic E-state index is -3.68. The lowest BCUT2D eigenvalue weighted by Gasteiger charge is -2.31. The number of anilines is 1. The van der Waals surface area contributed by atoms with Gasteiger partial charge < -0.3 is 9.64 Å². The molecule has 8 nitrogen and oxygen atoms in total. The zero-order chi connectivity index (χ0) is 22.1. The Morgan fingerprint density at radius 3 is 2.70 bits per heavy atom. The van der Waals surface area contributed by atoms with Crippen LogP contribution in [0.15, 0.2) is 36.2 Å². The SMILES string of the molecule is CCS(=O)(=O)Nc1ncc(C2C(=O)CC(C)=CN2C)c(Oc2ccc(F)cc2F)n1. The van der Waals surface area contributed by atoms with Crippen molar-refractivity contribution in [3.63, 3.8) is 0 Å². The molecule has 1 unspecified atom stereocenters. The van der Waals surface area contributed by atoms with Gasteiger partial charge in [0.1, 0.15) is 11.9 Å². The monoisotopic (exact) mass is 438 g/mol. The standard InChI is InChI=1S/C19H20F2N4O4S/c1-4-30(27,28)24-19-22-9-13(17-15(26)7-11(2)10-25(17)3)18(23-19)29-16-6-5-12(20)8-14(16)21/h5-6,8-10,17H,4,7H2,1-3H3,(H,22,23,24). The molecule has 0 saturated heterocycles. The van der Waals surface area contributed by atoms with E-state index in [1.807, 2.05) is 6.92 Å². The molecule has 0 amide bonds. The average Bonchev–Trinajstić information content (AvgIpc) is 2.64. The predicted octanol–water partition coefficient (Wildman–Crippen LogP) is 3.16. The van der Waals surface area contributed by atoms with E-state index in [0.29, 0.717) is 6.07 Å². The Bertz CT molecular complexity index is 1120. The number of allylic oxidation sites excluding steroid dienone is 1. The second-order valence-corrected chi connectivity index (χ2v) is 8.83. The first-order chi connectivity index (χ1) is 14.1. The van der Waals surface area contributed by atoms with Gasteiger partial charge >= 0.3 is 0 Å². The maximum Gasteiger partial charge on any atom is 0.239 e. The van der Waals surface area contributed by atoms with Gasteiger partial charge in [0.05, 0.1) is 11.3 Å². The second-order valence-electron chi connectivity index (χ2n) is 6.82. The molecule has 30 heavy (non-hydrogen) atoms. The number of rotatable bonds is 6. The Morgan fingerprint density at radius 1 is 1.33 bits per heavy atom. The molecule has 0 saturated carbocycles. The van der Waals surface area contributed by atoms with Crippen LogP contribution in [0, 0.1) is 11.6 Å². The van der Waals surface area contributed by atoms with Crippen LogP contribution in [0.3, 0.4) is 0 Å². The van der Waals surface area contributed by atoms with Crippen molar-refractivity contribution in [2.75, 3.05) is 17.5 Å². The fourth-order valence-corrected chi connectivity index (χ4v) is 3.55. The average molecular weight is 438 g/mol. The van der Waals surface area contributed by atoms with Crippen LogP contribution in [0.5, 0.6) is 11.6 Å². The molecule has 0 fully saturated rings. The van der Waals surface area contributed by atoms with Gasteiger partial charge in [-0.05, 0) is 37.8 Å². The quantitative estimate of drug-likeness (QED) is 0.739. The third-order valence-corrected chi connectivity index (χ3v) is 5.65. The van der Waals surface area contributed by atoms with E-state index in [0.717, 1.165) is 17.7 Å². The minimum Gasteiger partial charge on any atom is -0.435 e. The molecule has 1 atom stereocenters. The first kappa shape index (κ1) is 21.6. The lowest BCUT2D eigenvalue weighted by molar-refractivity contribution is -0.123. The number of Topliss-reactive ketones (excluding diaryl/α,β-unsaturated/α-hetero) is 1. The van der Waals surface area contributed by atoms with Crippen LogP contribution in [0.2, 0.25) is 0 Å². The van der Waals surface area contributed by atoms with Crippen LogP contribution in [0.4, 0.5) is 14.7 Å². The Kier molecular flexibility index (Phi) is 6.01. The number of ether oxygens (including phenoxy) is 1. The molecule has 160 valence electrons. The van der Waals surface area contributed by atoms with Crippen LogP contribution >= 0.6 is 0 Å². The van der Waals surface area contributed by atoms with Gasteiger partial charge in [-0.1, -0.05) is 0 Å². The van der Waals surface area contributed by atoms with Gasteiger partial charge in [-0.3, -0.25) is 9.52 Å². The van der Waals surface area contributed by atoms with Crippen molar-refractivity contribution in [1.82, 2.24) is 14.9 Å². The molecule has 0 spiro atoms. The predicted molar refractivity (Wildman–Crippen MR) is 105 cm³/mol. The fourth-order valence-electron chi connectivity index (χ4n) is 3.03. The van der Waals surface area contributed by atoms with Crippen LogP contribution in [0.25, 0.3) is 0 Å². The zero-order valence-electron chi connectivity index (χ0n) is 16.5. The minimum absolute atomic E-state index is 0.160. The van der Waals surface area contributed by atoms with Crippen LogP contribution in [-0.4, -0.2) is 41.9 Å². The molecule has 3 rings (SSSR count). The number of ketones is 1. The summed E-state index contributed by atoms with van der Waals surface area (Å²) in [5.74, 6) is -2.99. The van der Waals surface area contributed by atoms with E-state index < -0.39 is 27.7 Å². The van der Waals surface area contributed by atoms with E-state index in [4.69, 9.17) is 4.74 Å². The van der Waals surface area contributed by atoms with Crippen molar-refractivity contribution in [2.45, 2.75) is 26.3 Å². The highest BCUT2D eigenvalue weighted by atomic mass is 32.2. The molecule has 0 radical (unpaired) electrons. The third kappa shape index (κ3) is 4.73. The summed E-state index contributed by atoms with van der Waals surface area (Å²) in [6.07, 6.45) is 3.23. The Labute approximate surface area is 172 Å². The van der Waals surface area contributed by atoms with Crippen molar-refractivity contribution in [2.24, 2.45) is 0 Å². The highest BCUT2D eigenvalue weighted by molar-refractivity contribution is 7.92. The zero-order valence-corrected chi connectivity index (χ0v) is 17.3. The number of hydrogen-bond donors (Lipinski definition) is 1. The van der Waals surface area contributed by atoms with Gasteiger partial charge in [0.15, 0.2) is 17.3 Å². The highest BCUT2D eigenvalue weighted by Crippen LogP contribution is 2.36. The molecule has 11 heteroatoms. The van der Waals surface area contributed by atoms with Crippen LogP contribution in [-0.2, 0) is 14.8 Å². The van der Waals surface area contributed by atoms with Gasteiger partial charge in [0.25, 0.3) is 0 Å². The van der Waals surface area contributed by atoms with Crippen molar-refractivity contribution in [1.29, 1.82) is 0 Å². The topological polar surface area (TPSA) is 101 Å². The number of hydrogen-bond acceptors (Lipinski definition) is 7. The molecule has 1 aromatic carbocycles. The molecule has 1 N–H and O–H groups in total. The molecule has 1 aliphatic rings. The molecule has 0 bridgehead atoms. The molecule has 1 aliphatic heterocycles. The first-order valence-corrected chi connectivity index (χ1v) is 10.7. The highest BCUT2D eigenvalue weighted by Gasteiger charge is 2.32. The summed E-state index contributed by atoms with van der Waals surface area (Å²) in [6, 6.07) is 1.90. The largest absolute Gasteiger partial charge is 0.435 e. The van der Waals surface area contributed by atoms with Crippen LogP contribution < -0.4 is 9.46 Å².